The van der Waals surface area contributed by atoms with Crippen molar-refractivity contribution in [2.45, 2.75) is 25.7 Å². The molecule has 0 heterocycles. The third kappa shape index (κ3) is 3.03. The number of carboxylic acids is 1. The smallest absolute Gasteiger partial charge is 0.335 e. The fourth-order valence-corrected chi connectivity index (χ4v) is 3.03. The Balaban J connectivity index is 1.64. The van der Waals surface area contributed by atoms with Crippen LogP contribution in [-0.4, -0.2) is 17.6 Å². The Morgan fingerprint density at radius 3 is 2.42 bits per heavy atom. The molecule has 102 valence electrons. The van der Waals surface area contributed by atoms with Crippen LogP contribution >= 0.6 is 11.6 Å². The zero-order chi connectivity index (χ0) is 13.4. The monoisotopic (exact) mass is 279 g/mol. The van der Waals surface area contributed by atoms with Gasteiger partial charge < -0.3 is 10.4 Å². The molecule has 1 aromatic rings. The number of rotatable bonds is 6. The Hall–Kier alpha value is -1.22. The molecule has 3 rings (SSSR count). The van der Waals surface area contributed by atoms with Crippen molar-refractivity contribution >= 4 is 23.3 Å². The maximum atomic E-state index is 10.8. The normalized spacial score (nSPS) is 18.6. The second-order valence-electron chi connectivity index (χ2n) is 5.72. The summed E-state index contributed by atoms with van der Waals surface area (Å²) in [4.78, 5) is 10.8. The summed E-state index contributed by atoms with van der Waals surface area (Å²) in [7, 11) is 0. The predicted molar refractivity (Wildman–Crippen MR) is 75.8 cm³/mol. The summed E-state index contributed by atoms with van der Waals surface area (Å²) in [5.74, 6) is 1.63. The Bertz CT molecular complexity index is 483. The maximum Gasteiger partial charge on any atom is 0.335 e. The molecule has 2 N–H and O–H groups in total. The van der Waals surface area contributed by atoms with Crippen LogP contribution in [0.25, 0.3) is 0 Å². The molecule has 2 aliphatic rings. The third-order valence-corrected chi connectivity index (χ3v) is 4.51. The van der Waals surface area contributed by atoms with Gasteiger partial charge in [-0.15, -0.1) is 0 Å². The lowest BCUT2D eigenvalue weighted by Crippen LogP contribution is -2.18. The first-order valence-corrected chi connectivity index (χ1v) is 7.29. The number of halogens is 1. The highest BCUT2D eigenvalue weighted by Gasteiger charge is 2.41. The topological polar surface area (TPSA) is 49.3 Å². The van der Waals surface area contributed by atoms with Gasteiger partial charge in [0.15, 0.2) is 0 Å². The van der Waals surface area contributed by atoms with Gasteiger partial charge in [0.25, 0.3) is 0 Å². The first-order valence-electron chi connectivity index (χ1n) is 6.92. The number of hydrogen-bond donors (Lipinski definition) is 2. The number of carboxylic acid groups (broad SMARTS) is 1. The van der Waals surface area contributed by atoms with Crippen LogP contribution in [0.2, 0.25) is 5.02 Å². The largest absolute Gasteiger partial charge is 0.478 e. The molecule has 2 aliphatic carbocycles. The summed E-state index contributed by atoms with van der Waals surface area (Å²) in [6, 6.07) is 4.87. The molecule has 0 amide bonds. The van der Waals surface area contributed by atoms with E-state index in [4.69, 9.17) is 16.7 Å². The molecule has 4 heteroatoms. The lowest BCUT2D eigenvalue weighted by Gasteiger charge is -2.17. The second kappa shape index (κ2) is 5.04. The van der Waals surface area contributed by atoms with E-state index in [9.17, 15) is 4.79 Å². The molecule has 0 unspecified atom stereocenters. The lowest BCUT2D eigenvalue weighted by molar-refractivity contribution is 0.0697. The van der Waals surface area contributed by atoms with Crippen molar-refractivity contribution in [2.75, 3.05) is 11.9 Å². The minimum absolute atomic E-state index is 0.233. The number of aromatic carboxylic acids is 1. The first kappa shape index (κ1) is 12.8. The molecule has 1 aromatic carbocycles. The number of hydrogen-bond acceptors (Lipinski definition) is 2. The van der Waals surface area contributed by atoms with Gasteiger partial charge in [-0.2, -0.15) is 0 Å². The Labute approximate surface area is 118 Å². The molecule has 0 aliphatic heterocycles. The van der Waals surface area contributed by atoms with Crippen molar-refractivity contribution in [2.24, 2.45) is 17.8 Å². The quantitative estimate of drug-likeness (QED) is 0.831. The van der Waals surface area contributed by atoms with Gasteiger partial charge in [-0.1, -0.05) is 11.6 Å². The van der Waals surface area contributed by atoms with Crippen molar-refractivity contribution < 1.29 is 9.90 Å². The van der Waals surface area contributed by atoms with E-state index >= 15 is 0 Å². The zero-order valence-corrected chi connectivity index (χ0v) is 11.5. The SMILES string of the molecule is O=C(O)c1ccc(NCC(C2CC2)C2CC2)c(Cl)c1. The molecular formula is C15H18ClNO2. The van der Waals surface area contributed by atoms with Gasteiger partial charge in [0, 0.05) is 6.54 Å². The van der Waals surface area contributed by atoms with Crippen LogP contribution in [0.3, 0.4) is 0 Å². The molecule has 0 aromatic heterocycles. The van der Waals surface area contributed by atoms with Gasteiger partial charge >= 0.3 is 5.97 Å². The summed E-state index contributed by atoms with van der Waals surface area (Å²) in [6.45, 7) is 0.960. The summed E-state index contributed by atoms with van der Waals surface area (Å²) >= 11 is 6.12. The van der Waals surface area contributed by atoms with E-state index in [1.165, 1.54) is 31.7 Å². The van der Waals surface area contributed by atoms with Crippen molar-refractivity contribution in [1.82, 2.24) is 0 Å². The van der Waals surface area contributed by atoms with Crippen molar-refractivity contribution in [3.63, 3.8) is 0 Å². The van der Waals surface area contributed by atoms with Crippen LogP contribution in [-0.2, 0) is 0 Å². The molecule has 19 heavy (non-hydrogen) atoms. The van der Waals surface area contributed by atoms with Gasteiger partial charge in [0.2, 0.25) is 0 Å². The number of anilines is 1. The lowest BCUT2D eigenvalue weighted by atomic mass is 9.98. The Morgan fingerprint density at radius 1 is 1.32 bits per heavy atom. The summed E-state index contributed by atoms with van der Waals surface area (Å²) in [5.41, 5.74) is 1.08. The molecule has 2 fully saturated rings. The van der Waals surface area contributed by atoms with Crippen LogP contribution in [0, 0.1) is 17.8 Å². The van der Waals surface area contributed by atoms with E-state index in [0.29, 0.717) is 5.02 Å². The Kier molecular flexibility index (Phi) is 3.40. The highest BCUT2D eigenvalue weighted by molar-refractivity contribution is 6.33. The van der Waals surface area contributed by atoms with Gasteiger partial charge in [-0.05, 0) is 61.6 Å². The van der Waals surface area contributed by atoms with Crippen LogP contribution in [0.15, 0.2) is 18.2 Å². The van der Waals surface area contributed by atoms with Gasteiger partial charge in [-0.25, -0.2) is 4.79 Å². The highest BCUT2D eigenvalue weighted by atomic mass is 35.5. The molecule has 3 nitrogen and oxygen atoms in total. The van der Waals surface area contributed by atoms with E-state index in [0.717, 1.165) is 30.0 Å². The van der Waals surface area contributed by atoms with Crippen molar-refractivity contribution in [1.29, 1.82) is 0 Å². The average Bonchev–Trinajstić information content (AvgIpc) is 3.25. The molecule has 0 spiro atoms. The number of nitrogens with one attached hydrogen (secondary N) is 1. The van der Waals surface area contributed by atoms with E-state index in [1.807, 2.05) is 0 Å². The van der Waals surface area contributed by atoms with Gasteiger partial charge in [0.05, 0.1) is 16.3 Å². The molecule has 0 atom stereocenters. The standard InChI is InChI=1S/C15H18ClNO2/c16-13-7-11(15(18)19)5-6-14(13)17-8-12(9-1-2-9)10-3-4-10/h5-7,9-10,12,17H,1-4,8H2,(H,18,19). The van der Waals surface area contributed by atoms with Crippen molar-refractivity contribution in [3.8, 4) is 0 Å². The first-order chi connectivity index (χ1) is 9.15. The minimum Gasteiger partial charge on any atom is -0.478 e. The van der Waals surface area contributed by atoms with Gasteiger partial charge in [-0.3, -0.25) is 0 Å². The Morgan fingerprint density at radius 2 is 1.95 bits per heavy atom. The summed E-state index contributed by atoms with van der Waals surface area (Å²) in [5, 5.41) is 12.8. The summed E-state index contributed by atoms with van der Waals surface area (Å²) < 4.78 is 0. The molecule has 2 saturated carbocycles. The fraction of sp³-hybridized carbons (Fsp3) is 0.533. The molecule has 0 saturated heterocycles. The van der Waals surface area contributed by atoms with E-state index in [-0.39, 0.29) is 5.56 Å². The van der Waals surface area contributed by atoms with Crippen LogP contribution < -0.4 is 5.32 Å². The predicted octanol–water partition coefficient (Wildman–Crippen LogP) is 3.89. The zero-order valence-electron chi connectivity index (χ0n) is 10.7. The summed E-state index contributed by atoms with van der Waals surface area (Å²) in [6.07, 6.45) is 5.48. The van der Waals surface area contributed by atoms with Crippen LogP contribution in [0.1, 0.15) is 36.0 Å². The van der Waals surface area contributed by atoms with E-state index in [1.54, 1.807) is 12.1 Å². The fourth-order valence-electron chi connectivity index (χ4n) is 2.79. The molecule has 0 radical (unpaired) electrons. The van der Waals surface area contributed by atoms with Crippen LogP contribution in [0.5, 0.6) is 0 Å². The van der Waals surface area contributed by atoms with Crippen LogP contribution in [0.4, 0.5) is 5.69 Å². The van der Waals surface area contributed by atoms with Gasteiger partial charge in [0.1, 0.15) is 0 Å². The highest BCUT2D eigenvalue weighted by Crippen LogP contribution is 2.49. The number of carbonyl (C=O) groups is 1. The minimum atomic E-state index is -0.942. The number of benzene rings is 1. The van der Waals surface area contributed by atoms with Crippen molar-refractivity contribution in [3.05, 3.63) is 28.8 Å². The third-order valence-electron chi connectivity index (χ3n) is 4.20. The maximum absolute atomic E-state index is 10.8. The molecular weight excluding hydrogens is 262 g/mol. The molecule has 0 bridgehead atoms. The van der Waals surface area contributed by atoms with E-state index < -0.39 is 5.97 Å². The second-order valence-corrected chi connectivity index (χ2v) is 6.13. The van der Waals surface area contributed by atoms with E-state index in [2.05, 4.69) is 5.32 Å². The average molecular weight is 280 g/mol.